The van der Waals surface area contributed by atoms with Crippen molar-refractivity contribution in [3.63, 3.8) is 0 Å². The zero-order valence-electron chi connectivity index (χ0n) is 8.09. The second-order valence-corrected chi connectivity index (χ2v) is 4.01. The lowest BCUT2D eigenvalue weighted by molar-refractivity contribution is 0.716. The Kier molecular flexibility index (Phi) is 4.92. The van der Waals surface area contributed by atoms with Gasteiger partial charge in [-0.05, 0) is 31.7 Å². The first-order valence-electron chi connectivity index (χ1n) is 4.81. The monoisotopic (exact) mass is 195 g/mol. The van der Waals surface area contributed by atoms with Crippen LogP contribution in [0.2, 0.25) is 0 Å². The van der Waals surface area contributed by atoms with E-state index in [0.29, 0.717) is 0 Å². The smallest absolute Gasteiger partial charge is 0.0607 e. The van der Waals surface area contributed by atoms with Crippen molar-refractivity contribution >= 4 is 11.6 Å². The van der Waals surface area contributed by atoms with Gasteiger partial charge in [-0.1, -0.05) is 36.8 Å². The van der Waals surface area contributed by atoms with E-state index in [1.165, 1.54) is 24.8 Å². The number of rotatable bonds is 5. The lowest BCUT2D eigenvalue weighted by atomic mass is 10.1. The van der Waals surface area contributed by atoms with Crippen LogP contribution in [0.25, 0.3) is 0 Å². The molecule has 0 atom stereocenters. The number of halogens is 1. The van der Waals surface area contributed by atoms with Crippen LogP contribution < -0.4 is 0 Å². The summed E-state index contributed by atoms with van der Waals surface area (Å²) in [4.78, 5) is 0. The fourth-order valence-electron chi connectivity index (χ4n) is 1.34. The average molecular weight is 196 g/mol. The van der Waals surface area contributed by atoms with E-state index in [2.05, 4.69) is 30.3 Å². The number of hydrogen-bond acceptors (Lipinski definition) is 0. The van der Waals surface area contributed by atoms with Crippen molar-refractivity contribution in [2.45, 2.75) is 32.6 Å². The van der Waals surface area contributed by atoms with E-state index >= 15 is 0 Å². The van der Waals surface area contributed by atoms with Crippen molar-refractivity contribution in [2.24, 2.45) is 0 Å². The Morgan fingerprint density at radius 1 is 1.15 bits per heavy atom. The summed E-state index contributed by atoms with van der Waals surface area (Å²) >= 11 is 5.78. The highest BCUT2D eigenvalue weighted by Crippen LogP contribution is 2.15. The molecule has 0 heterocycles. The average Bonchev–Trinajstić information content (AvgIpc) is 2.14. The molecule has 0 spiro atoms. The van der Waals surface area contributed by atoms with Crippen LogP contribution in [0.3, 0.4) is 0 Å². The highest BCUT2D eigenvalue weighted by Gasteiger charge is 1.97. The van der Waals surface area contributed by atoms with Crippen LogP contribution in [0.15, 0.2) is 30.3 Å². The van der Waals surface area contributed by atoms with Gasteiger partial charge >= 0.3 is 0 Å². The molecule has 0 unspecified atom stereocenters. The fourth-order valence-corrected chi connectivity index (χ4v) is 1.48. The minimum absolute atomic E-state index is 1.02. The van der Waals surface area contributed by atoms with Crippen LogP contribution in [0.4, 0.5) is 0 Å². The van der Waals surface area contributed by atoms with E-state index in [4.69, 9.17) is 11.6 Å². The van der Waals surface area contributed by atoms with Gasteiger partial charge in [0.2, 0.25) is 0 Å². The Morgan fingerprint density at radius 2 is 1.85 bits per heavy atom. The molecule has 0 fully saturated rings. The van der Waals surface area contributed by atoms with Crippen molar-refractivity contribution in [3.8, 4) is 0 Å². The van der Waals surface area contributed by atoms with Gasteiger partial charge in [0.25, 0.3) is 0 Å². The van der Waals surface area contributed by atoms with E-state index < -0.39 is 0 Å². The predicted octanol–water partition coefficient (Wildman–Crippen LogP) is 4.19. The lowest BCUT2D eigenvalue weighted by Gasteiger charge is -2.02. The third-order valence-electron chi connectivity index (χ3n) is 2.08. The largest absolute Gasteiger partial charge is 0.118 e. The molecule has 0 amide bonds. The maximum Gasteiger partial charge on any atom is 0.0607 e. The summed E-state index contributed by atoms with van der Waals surface area (Å²) in [5.74, 6) is 0. The van der Waals surface area contributed by atoms with Crippen LogP contribution >= 0.6 is 11.6 Å². The minimum Gasteiger partial charge on any atom is -0.118 e. The molecule has 1 aromatic carbocycles. The van der Waals surface area contributed by atoms with Crippen molar-refractivity contribution in [3.05, 3.63) is 41.3 Å². The molecule has 0 aliphatic carbocycles. The molecular weight excluding hydrogens is 180 g/mol. The Bertz CT molecular complexity index is 216. The van der Waals surface area contributed by atoms with Crippen molar-refractivity contribution in [2.75, 3.05) is 0 Å². The Balaban J connectivity index is 2.13. The Labute approximate surface area is 85.9 Å². The fraction of sp³-hybridized carbons (Fsp3) is 0.417. The van der Waals surface area contributed by atoms with Crippen molar-refractivity contribution in [1.29, 1.82) is 0 Å². The molecule has 1 aromatic rings. The maximum absolute atomic E-state index is 5.78. The van der Waals surface area contributed by atoms with Gasteiger partial charge in [0.15, 0.2) is 0 Å². The summed E-state index contributed by atoms with van der Waals surface area (Å²) in [5, 5.41) is 1.02. The van der Waals surface area contributed by atoms with Gasteiger partial charge in [-0.15, -0.1) is 11.6 Å². The van der Waals surface area contributed by atoms with E-state index in [-0.39, 0.29) is 0 Å². The first-order valence-corrected chi connectivity index (χ1v) is 5.18. The summed E-state index contributed by atoms with van der Waals surface area (Å²) in [7, 11) is 0. The molecular formula is C12H16Cl. The molecule has 1 rings (SSSR count). The van der Waals surface area contributed by atoms with Crippen LogP contribution in [-0.2, 0) is 6.42 Å². The molecule has 71 valence electrons. The second kappa shape index (κ2) is 6.04. The third-order valence-corrected chi connectivity index (χ3v) is 2.27. The van der Waals surface area contributed by atoms with Gasteiger partial charge in [0.05, 0.1) is 5.38 Å². The second-order valence-electron chi connectivity index (χ2n) is 3.37. The van der Waals surface area contributed by atoms with Crippen LogP contribution in [-0.4, -0.2) is 0 Å². The van der Waals surface area contributed by atoms with E-state index in [1.54, 1.807) is 0 Å². The molecule has 0 nitrogen and oxygen atoms in total. The highest BCUT2D eigenvalue weighted by atomic mass is 35.5. The molecule has 0 saturated heterocycles. The van der Waals surface area contributed by atoms with Crippen molar-refractivity contribution < 1.29 is 0 Å². The van der Waals surface area contributed by atoms with Crippen LogP contribution in [0, 0.1) is 5.38 Å². The zero-order valence-corrected chi connectivity index (χ0v) is 8.85. The van der Waals surface area contributed by atoms with Gasteiger partial charge in [0, 0.05) is 0 Å². The molecule has 0 N–H and O–H groups in total. The van der Waals surface area contributed by atoms with Gasteiger partial charge < -0.3 is 0 Å². The SMILES string of the molecule is C[C](Cl)CCCCc1ccccc1. The molecule has 0 aromatic heterocycles. The topological polar surface area (TPSA) is 0 Å². The number of hydrogen-bond donors (Lipinski definition) is 0. The van der Waals surface area contributed by atoms with E-state index in [0.717, 1.165) is 11.8 Å². The summed E-state index contributed by atoms with van der Waals surface area (Å²) in [6.45, 7) is 1.98. The van der Waals surface area contributed by atoms with Gasteiger partial charge in [-0.2, -0.15) is 0 Å². The number of aryl methyl sites for hydroxylation is 1. The minimum atomic E-state index is 1.02. The van der Waals surface area contributed by atoms with E-state index in [1.807, 2.05) is 6.92 Å². The van der Waals surface area contributed by atoms with Crippen molar-refractivity contribution in [1.82, 2.24) is 0 Å². The number of unbranched alkanes of at least 4 members (excludes halogenated alkanes) is 1. The highest BCUT2D eigenvalue weighted by molar-refractivity contribution is 6.26. The van der Waals surface area contributed by atoms with Gasteiger partial charge in [0.1, 0.15) is 0 Å². The summed E-state index contributed by atoms with van der Waals surface area (Å²) in [6.07, 6.45) is 4.65. The molecule has 0 aliphatic rings. The number of benzene rings is 1. The standard InChI is InChI=1S/C12H16Cl/c1-11(13)7-5-6-10-12-8-3-2-4-9-12/h2-4,8-9H,5-7,10H2,1H3. The molecule has 13 heavy (non-hydrogen) atoms. The normalized spacial score (nSPS) is 10.7. The quantitative estimate of drug-likeness (QED) is 0.618. The van der Waals surface area contributed by atoms with Crippen LogP contribution in [0.5, 0.6) is 0 Å². The molecule has 0 bridgehead atoms. The van der Waals surface area contributed by atoms with Gasteiger partial charge in [-0.25, -0.2) is 0 Å². The molecule has 1 radical (unpaired) electrons. The first kappa shape index (κ1) is 10.6. The third kappa shape index (κ3) is 4.94. The summed E-state index contributed by atoms with van der Waals surface area (Å²) in [6, 6.07) is 10.6. The Morgan fingerprint density at radius 3 is 2.46 bits per heavy atom. The predicted molar refractivity (Wildman–Crippen MR) is 58.8 cm³/mol. The van der Waals surface area contributed by atoms with E-state index in [9.17, 15) is 0 Å². The Hall–Kier alpha value is -0.490. The van der Waals surface area contributed by atoms with Crippen LogP contribution in [0.1, 0.15) is 31.7 Å². The maximum atomic E-state index is 5.78. The summed E-state index contributed by atoms with van der Waals surface area (Å²) in [5.41, 5.74) is 1.43. The molecule has 0 saturated carbocycles. The van der Waals surface area contributed by atoms with Gasteiger partial charge in [-0.3, -0.25) is 0 Å². The summed E-state index contributed by atoms with van der Waals surface area (Å²) < 4.78 is 0. The molecule has 1 heteroatoms. The molecule has 0 aliphatic heterocycles. The lowest BCUT2D eigenvalue weighted by Crippen LogP contribution is -1.86. The zero-order chi connectivity index (χ0) is 9.52. The first-order chi connectivity index (χ1) is 6.29.